The zero-order chi connectivity index (χ0) is 14.3. The van der Waals surface area contributed by atoms with E-state index in [2.05, 4.69) is 27.8 Å². The monoisotopic (exact) mass is 356 g/mol. The quantitative estimate of drug-likeness (QED) is 0.820. The van der Waals surface area contributed by atoms with Crippen molar-refractivity contribution in [2.45, 2.75) is 33.2 Å². The zero-order valence-electron chi connectivity index (χ0n) is 11.6. The van der Waals surface area contributed by atoms with Crippen molar-refractivity contribution >= 4 is 37.5 Å². The van der Waals surface area contributed by atoms with Crippen molar-refractivity contribution in [3.8, 4) is 6.01 Å². The molecule has 4 nitrogen and oxygen atoms in total. The number of fused-ring (bicyclic) bond motifs is 1. The van der Waals surface area contributed by atoms with Crippen LogP contribution in [0, 0.1) is 11.8 Å². The highest BCUT2D eigenvalue weighted by Gasteiger charge is 2.33. The molecule has 0 aliphatic heterocycles. The Kier molecular flexibility index (Phi) is 3.86. The first-order chi connectivity index (χ1) is 9.60. The van der Waals surface area contributed by atoms with E-state index >= 15 is 0 Å². The highest BCUT2D eigenvalue weighted by Crippen LogP contribution is 2.37. The third-order valence-electron chi connectivity index (χ3n) is 3.74. The van der Waals surface area contributed by atoms with Gasteiger partial charge in [0.25, 0.3) is 5.56 Å². The summed E-state index contributed by atoms with van der Waals surface area (Å²) >= 11 is 4.89. The molecule has 2 aromatic heterocycles. The summed E-state index contributed by atoms with van der Waals surface area (Å²) in [5.74, 6) is 1.36. The number of hydrogen-bond donors (Lipinski definition) is 0. The first-order valence-electron chi connectivity index (χ1n) is 6.92. The fourth-order valence-corrected chi connectivity index (χ4v) is 3.74. The molecule has 1 aliphatic carbocycles. The molecule has 0 saturated heterocycles. The number of aromatic nitrogens is 2. The summed E-state index contributed by atoms with van der Waals surface area (Å²) in [6.07, 6.45) is 2.10. The number of nitrogens with zero attached hydrogens (tertiary/aromatic N) is 2. The Morgan fingerprint density at radius 2 is 2.35 bits per heavy atom. The van der Waals surface area contributed by atoms with Crippen LogP contribution >= 0.6 is 27.3 Å². The van der Waals surface area contributed by atoms with Crippen molar-refractivity contribution in [3.63, 3.8) is 0 Å². The lowest BCUT2D eigenvalue weighted by molar-refractivity contribution is 0.253. The van der Waals surface area contributed by atoms with Crippen LogP contribution in [-0.4, -0.2) is 16.2 Å². The molecule has 2 aromatic rings. The number of ether oxygens (including phenoxy) is 1. The minimum Gasteiger partial charge on any atom is -0.464 e. The van der Waals surface area contributed by atoms with E-state index in [1.54, 1.807) is 4.57 Å². The molecule has 0 amide bonds. The van der Waals surface area contributed by atoms with E-state index in [0.717, 1.165) is 21.0 Å². The van der Waals surface area contributed by atoms with E-state index < -0.39 is 0 Å². The van der Waals surface area contributed by atoms with Gasteiger partial charge in [0.1, 0.15) is 4.83 Å². The normalized spacial score (nSPS) is 21.4. The first-order valence-corrected chi connectivity index (χ1v) is 8.53. The standard InChI is InChI=1S/C14H17BrN2O2S/c1-3-4-17-13(18)10-6-11(15)20-12(10)16-14(17)19-7-9-5-8(9)2/h6,8-9H,3-5,7H2,1-2H3. The largest absolute Gasteiger partial charge is 0.464 e. The van der Waals surface area contributed by atoms with Crippen LogP contribution in [0.1, 0.15) is 26.7 Å². The number of thiophene rings is 1. The van der Waals surface area contributed by atoms with Gasteiger partial charge in [0, 0.05) is 6.54 Å². The van der Waals surface area contributed by atoms with Crippen LogP contribution in [0.3, 0.4) is 0 Å². The van der Waals surface area contributed by atoms with Gasteiger partial charge in [-0.25, -0.2) is 0 Å². The second kappa shape index (κ2) is 5.48. The van der Waals surface area contributed by atoms with Gasteiger partial charge in [-0.15, -0.1) is 11.3 Å². The summed E-state index contributed by atoms with van der Waals surface area (Å²) in [6, 6.07) is 2.31. The molecule has 2 unspecified atom stereocenters. The molecule has 0 radical (unpaired) electrons. The molecule has 2 heterocycles. The van der Waals surface area contributed by atoms with Crippen LogP contribution in [0.5, 0.6) is 6.01 Å². The van der Waals surface area contributed by atoms with E-state index in [-0.39, 0.29) is 5.56 Å². The van der Waals surface area contributed by atoms with E-state index in [4.69, 9.17) is 4.74 Å². The van der Waals surface area contributed by atoms with E-state index in [1.165, 1.54) is 17.8 Å². The Morgan fingerprint density at radius 3 is 3.00 bits per heavy atom. The molecular formula is C14H17BrN2O2S. The second-order valence-electron chi connectivity index (χ2n) is 5.40. The molecule has 1 aliphatic rings. The molecule has 6 heteroatoms. The van der Waals surface area contributed by atoms with Gasteiger partial charge in [-0.1, -0.05) is 13.8 Å². The van der Waals surface area contributed by atoms with Crippen LogP contribution in [0.15, 0.2) is 14.6 Å². The molecule has 0 bridgehead atoms. The van der Waals surface area contributed by atoms with E-state index in [1.807, 2.05) is 13.0 Å². The lowest BCUT2D eigenvalue weighted by Crippen LogP contribution is -2.23. The van der Waals surface area contributed by atoms with Crippen LogP contribution in [0.4, 0.5) is 0 Å². The third-order valence-corrected chi connectivity index (χ3v) is 5.27. The lowest BCUT2D eigenvalue weighted by atomic mass is 10.4. The van der Waals surface area contributed by atoms with Gasteiger partial charge in [-0.3, -0.25) is 9.36 Å². The summed E-state index contributed by atoms with van der Waals surface area (Å²) in [5, 5.41) is 0.669. The smallest absolute Gasteiger partial charge is 0.300 e. The van der Waals surface area contributed by atoms with Gasteiger partial charge in [-0.05, 0) is 46.7 Å². The van der Waals surface area contributed by atoms with Gasteiger partial charge in [0.15, 0.2) is 0 Å². The molecule has 0 aromatic carbocycles. The van der Waals surface area contributed by atoms with Crippen molar-refractivity contribution in [2.24, 2.45) is 11.8 Å². The fraction of sp³-hybridized carbons (Fsp3) is 0.571. The maximum absolute atomic E-state index is 12.5. The molecule has 2 atom stereocenters. The molecule has 20 heavy (non-hydrogen) atoms. The van der Waals surface area contributed by atoms with E-state index in [0.29, 0.717) is 30.5 Å². The number of rotatable bonds is 5. The average molecular weight is 357 g/mol. The predicted molar refractivity (Wildman–Crippen MR) is 84.6 cm³/mol. The van der Waals surface area contributed by atoms with E-state index in [9.17, 15) is 4.79 Å². The van der Waals surface area contributed by atoms with Crippen molar-refractivity contribution < 1.29 is 4.74 Å². The number of hydrogen-bond acceptors (Lipinski definition) is 4. The molecule has 108 valence electrons. The van der Waals surface area contributed by atoms with Gasteiger partial charge >= 0.3 is 6.01 Å². The zero-order valence-corrected chi connectivity index (χ0v) is 14.0. The Balaban J connectivity index is 1.98. The first kappa shape index (κ1) is 14.1. The summed E-state index contributed by atoms with van der Waals surface area (Å²) in [7, 11) is 0. The molecule has 0 N–H and O–H groups in total. The average Bonchev–Trinajstić information content (AvgIpc) is 2.97. The molecule has 0 spiro atoms. The van der Waals surface area contributed by atoms with Crippen molar-refractivity contribution in [2.75, 3.05) is 6.61 Å². The van der Waals surface area contributed by atoms with Crippen molar-refractivity contribution in [3.05, 3.63) is 20.2 Å². The fourth-order valence-electron chi connectivity index (χ4n) is 2.31. The lowest BCUT2D eigenvalue weighted by Gasteiger charge is -2.11. The van der Waals surface area contributed by atoms with Crippen LogP contribution in [0.25, 0.3) is 10.2 Å². The molecule has 1 saturated carbocycles. The van der Waals surface area contributed by atoms with Crippen LogP contribution < -0.4 is 10.3 Å². The van der Waals surface area contributed by atoms with Crippen molar-refractivity contribution in [1.29, 1.82) is 0 Å². The molecule has 1 fully saturated rings. The Hall–Kier alpha value is -0.880. The maximum atomic E-state index is 12.5. The maximum Gasteiger partial charge on any atom is 0.300 e. The number of halogens is 1. The summed E-state index contributed by atoms with van der Waals surface area (Å²) in [4.78, 5) is 17.8. The predicted octanol–water partition coefficient (Wildman–Crippen LogP) is 3.67. The van der Waals surface area contributed by atoms with Gasteiger partial charge < -0.3 is 4.74 Å². The summed E-state index contributed by atoms with van der Waals surface area (Å²) < 4.78 is 8.41. The van der Waals surface area contributed by atoms with Crippen LogP contribution in [-0.2, 0) is 6.54 Å². The summed E-state index contributed by atoms with van der Waals surface area (Å²) in [5.41, 5.74) is -0.00218. The Labute approximate surface area is 129 Å². The molecule has 3 rings (SSSR count). The van der Waals surface area contributed by atoms with Gasteiger partial charge in [-0.2, -0.15) is 4.98 Å². The second-order valence-corrected chi connectivity index (χ2v) is 7.81. The highest BCUT2D eigenvalue weighted by atomic mass is 79.9. The molecular weight excluding hydrogens is 340 g/mol. The minimum atomic E-state index is -0.00218. The highest BCUT2D eigenvalue weighted by molar-refractivity contribution is 9.11. The SMILES string of the molecule is CCCn1c(OCC2CC2C)nc2sc(Br)cc2c1=O. The van der Waals surface area contributed by atoms with Crippen LogP contribution in [0.2, 0.25) is 0 Å². The Bertz CT molecular complexity index is 694. The van der Waals surface area contributed by atoms with Crippen molar-refractivity contribution in [1.82, 2.24) is 9.55 Å². The topological polar surface area (TPSA) is 44.1 Å². The summed E-state index contributed by atoms with van der Waals surface area (Å²) in [6.45, 7) is 5.58. The minimum absolute atomic E-state index is 0.00218. The van der Waals surface area contributed by atoms with Gasteiger partial charge in [0.05, 0.1) is 15.8 Å². The van der Waals surface area contributed by atoms with Gasteiger partial charge in [0.2, 0.25) is 0 Å². The Morgan fingerprint density at radius 1 is 1.60 bits per heavy atom. The third kappa shape index (κ3) is 2.63.